The number of rotatable bonds is 3. The van der Waals surface area contributed by atoms with Gasteiger partial charge in [0.25, 0.3) is 0 Å². The minimum absolute atomic E-state index is 0.00484. The number of hydrogen-bond donors (Lipinski definition) is 0. The quantitative estimate of drug-likeness (QED) is 0.550. The van der Waals surface area contributed by atoms with Gasteiger partial charge in [-0.2, -0.15) is 13.2 Å². The minimum atomic E-state index is -4.45. The number of alkyl halides is 3. The number of carbonyl (C=O) groups excluding carboxylic acids is 2. The summed E-state index contributed by atoms with van der Waals surface area (Å²) in [5.41, 5.74) is 2.58. The zero-order chi connectivity index (χ0) is 23.3. The molecule has 6 heteroatoms. The van der Waals surface area contributed by atoms with E-state index in [4.69, 9.17) is 0 Å². The lowest BCUT2D eigenvalue weighted by molar-refractivity contribution is -0.137. The minimum Gasteiger partial charge on any atom is -0.294 e. The molecule has 0 bridgehead atoms. The summed E-state index contributed by atoms with van der Waals surface area (Å²) in [4.78, 5) is 28.1. The maximum Gasteiger partial charge on any atom is 0.416 e. The molecule has 4 rings (SSSR count). The Morgan fingerprint density at radius 1 is 0.969 bits per heavy atom. The van der Waals surface area contributed by atoms with Crippen LogP contribution < -0.4 is 4.90 Å². The standard InChI is InChI=1S/C26H26F3NO2/c1-4-16-5-7-17(8-6-16)20-13-23(32)30(19-11-9-18(10-12-19)26(27,28)29)21-14-25(2,3)15-22(31)24(20)21/h5-12,20H,4,13-15H2,1-3H3. The fourth-order valence-electron chi connectivity index (χ4n) is 4.78. The van der Waals surface area contributed by atoms with Gasteiger partial charge in [-0.25, -0.2) is 0 Å². The van der Waals surface area contributed by atoms with E-state index in [2.05, 4.69) is 6.92 Å². The summed E-state index contributed by atoms with van der Waals surface area (Å²) in [5, 5.41) is 0. The van der Waals surface area contributed by atoms with Gasteiger partial charge in [0.1, 0.15) is 0 Å². The van der Waals surface area contributed by atoms with E-state index in [1.54, 1.807) is 0 Å². The third kappa shape index (κ3) is 4.10. The summed E-state index contributed by atoms with van der Waals surface area (Å²) in [7, 11) is 0. The van der Waals surface area contributed by atoms with Crippen molar-refractivity contribution in [2.75, 3.05) is 4.90 Å². The molecule has 32 heavy (non-hydrogen) atoms. The third-order valence-electron chi connectivity index (χ3n) is 6.39. The van der Waals surface area contributed by atoms with E-state index < -0.39 is 11.7 Å². The molecule has 3 nitrogen and oxygen atoms in total. The number of benzene rings is 2. The van der Waals surface area contributed by atoms with Crippen molar-refractivity contribution < 1.29 is 22.8 Å². The van der Waals surface area contributed by atoms with Gasteiger partial charge in [-0.3, -0.25) is 14.5 Å². The van der Waals surface area contributed by atoms with Crippen molar-refractivity contribution >= 4 is 17.4 Å². The fraction of sp³-hybridized carbons (Fsp3) is 0.385. The van der Waals surface area contributed by atoms with Crippen LogP contribution in [-0.2, 0) is 22.2 Å². The second kappa shape index (κ2) is 7.91. The first-order valence-electron chi connectivity index (χ1n) is 10.9. The molecule has 0 aromatic heterocycles. The van der Waals surface area contributed by atoms with Gasteiger partial charge >= 0.3 is 6.18 Å². The summed E-state index contributed by atoms with van der Waals surface area (Å²) in [5.74, 6) is -0.540. The van der Waals surface area contributed by atoms with Crippen molar-refractivity contribution in [3.05, 3.63) is 76.5 Å². The highest BCUT2D eigenvalue weighted by Gasteiger charge is 2.44. The third-order valence-corrected chi connectivity index (χ3v) is 6.39. The molecule has 1 aliphatic carbocycles. The molecule has 1 unspecified atom stereocenters. The number of allylic oxidation sites excluding steroid dienone is 2. The van der Waals surface area contributed by atoms with Gasteiger partial charge in [0.15, 0.2) is 5.78 Å². The van der Waals surface area contributed by atoms with Crippen molar-refractivity contribution in [1.29, 1.82) is 0 Å². The van der Waals surface area contributed by atoms with Crippen LogP contribution in [0.15, 0.2) is 59.8 Å². The Balaban J connectivity index is 1.82. The number of halogens is 3. The molecule has 1 aliphatic heterocycles. The average molecular weight is 441 g/mol. The molecular weight excluding hydrogens is 415 g/mol. The maximum atomic E-state index is 13.3. The Bertz CT molecular complexity index is 1080. The lowest BCUT2D eigenvalue weighted by atomic mass is 9.69. The van der Waals surface area contributed by atoms with E-state index in [9.17, 15) is 22.8 Å². The zero-order valence-electron chi connectivity index (χ0n) is 18.4. The van der Waals surface area contributed by atoms with Crippen LogP contribution in [0.25, 0.3) is 0 Å². The van der Waals surface area contributed by atoms with E-state index in [0.717, 1.165) is 24.1 Å². The van der Waals surface area contributed by atoms with Gasteiger partial charge in [0.2, 0.25) is 5.91 Å². The van der Waals surface area contributed by atoms with E-state index in [0.29, 0.717) is 29.8 Å². The molecule has 0 fully saturated rings. The first-order chi connectivity index (χ1) is 15.0. The molecule has 0 radical (unpaired) electrons. The van der Waals surface area contributed by atoms with Crippen molar-refractivity contribution in [2.45, 2.75) is 58.5 Å². The predicted molar refractivity (Wildman–Crippen MR) is 117 cm³/mol. The van der Waals surface area contributed by atoms with E-state index in [1.807, 2.05) is 38.1 Å². The Kier molecular flexibility index (Phi) is 5.51. The first kappa shape index (κ1) is 22.3. The van der Waals surface area contributed by atoms with Gasteiger partial charge in [0, 0.05) is 35.7 Å². The Morgan fingerprint density at radius 3 is 2.16 bits per heavy atom. The molecule has 2 aliphatic rings. The molecule has 0 saturated carbocycles. The molecule has 0 saturated heterocycles. The Morgan fingerprint density at radius 2 is 1.59 bits per heavy atom. The van der Waals surface area contributed by atoms with Crippen molar-refractivity contribution in [1.82, 2.24) is 0 Å². The van der Waals surface area contributed by atoms with Gasteiger partial charge < -0.3 is 0 Å². The van der Waals surface area contributed by atoms with Gasteiger partial charge in [-0.1, -0.05) is 45.0 Å². The molecule has 1 atom stereocenters. The molecule has 2 aromatic carbocycles. The van der Waals surface area contributed by atoms with Crippen molar-refractivity contribution in [3.63, 3.8) is 0 Å². The number of nitrogens with zero attached hydrogens (tertiary/aromatic N) is 1. The normalized spacial score (nSPS) is 21.1. The van der Waals surface area contributed by atoms with Crippen LogP contribution in [0.4, 0.5) is 18.9 Å². The second-order valence-electron chi connectivity index (χ2n) is 9.43. The summed E-state index contributed by atoms with van der Waals surface area (Å²) < 4.78 is 39.1. The molecule has 1 heterocycles. The smallest absolute Gasteiger partial charge is 0.294 e. The predicted octanol–water partition coefficient (Wildman–Crippen LogP) is 6.43. The van der Waals surface area contributed by atoms with Crippen LogP contribution in [0.1, 0.15) is 62.6 Å². The molecule has 0 N–H and O–H groups in total. The second-order valence-corrected chi connectivity index (χ2v) is 9.43. The lowest BCUT2D eigenvalue weighted by Gasteiger charge is -2.43. The summed E-state index contributed by atoms with van der Waals surface area (Å²) >= 11 is 0. The number of aryl methyl sites for hydroxylation is 1. The van der Waals surface area contributed by atoms with Gasteiger partial charge in [-0.15, -0.1) is 0 Å². The largest absolute Gasteiger partial charge is 0.416 e. The van der Waals surface area contributed by atoms with Crippen LogP contribution in [0.5, 0.6) is 0 Å². The fourth-order valence-corrected chi connectivity index (χ4v) is 4.78. The van der Waals surface area contributed by atoms with Crippen molar-refractivity contribution in [3.8, 4) is 0 Å². The van der Waals surface area contributed by atoms with Gasteiger partial charge in [0.05, 0.1) is 5.56 Å². The van der Waals surface area contributed by atoms with E-state index in [1.165, 1.54) is 22.6 Å². The Hall–Kier alpha value is -2.89. The van der Waals surface area contributed by atoms with Crippen LogP contribution in [0.2, 0.25) is 0 Å². The highest BCUT2D eigenvalue weighted by atomic mass is 19.4. The molecule has 0 spiro atoms. The lowest BCUT2D eigenvalue weighted by Crippen LogP contribution is -2.43. The number of anilines is 1. The number of ketones is 1. The van der Waals surface area contributed by atoms with Gasteiger partial charge in [-0.05, 0) is 53.6 Å². The zero-order valence-corrected chi connectivity index (χ0v) is 18.4. The monoisotopic (exact) mass is 441 g/mol. The maximum absolute atomic E-state index is 13.3. The molecule has 2 aromatic rings. The van der Waals surface area contributed by atoms with Crippen molar-refractivity contribution in [2.24, 2.45) is 5.41 Å². The summed E-state index contributed by atoms with van der Waals surface area (Å²) in [6, 6.07) is 12.6. The van der Waals surface area contributed by atoms with E-state index in [-0.39, 0.29) is 29.4 Å². The number of amides is 1. The number of Topliss-reactive ketones (excluding diaryl/α,β-unsaturated/α-hetero) is 1. The number of carbonyl (C=O) groups is 2. The SMILES string of the molecule is CCc1ccc(C2CC(=O)N(c3ccc(C(F)(F)F)cc3)C3=C2C(=O)CC(C)(C)C3)cc1. The Labute approximate surface area is 185 Å². The van der Waals surface area contributed by atoms with E-state index >= 15 is 0 Å². The molecular formula is C26H26F3NO2. The first-order valence-corrected chi connectivity index (χ1v) is 10.9. The van der Waals surface area contributed by atoms with Crippen LogP contribution >= 0.6 is 0 Å². The average Bonchev–Trinajstić information content (AvgIpc) is 2.71. The van der Waals surface area contributed by atoms with Crippen LogP contribution in [0, 0.1) is 5.41 Å². The van der Waals surface area contributed by atoms with Crippen LogP contribution in [-0.4, -0.2) is 11.7 Å². The topological polar surface area (TPSA) is 37.4 Å². The molecule has 168 valence electrons. The van der Waals surface area contributed by atoms with Crippen LogP contribution in [0.3, 0.4) is 0 Å². The highest BCUT2D eigenvalue weighted by molar-refractivity contribution is 6.07. The molecule has 1 amide bonds. The summed E-state index contributed by atoms with van der Waals surface area (Å²) in [6.45, 7) is 6.02. The number of hydrogen-bond acceptors (Lipinski definition) is 2. The highest BCUT2D eigenvalue weighted by Crippen LogP contribution is 2.48. The summed E-state index contributed by atoms with van der Waals surface area (Å²) in [6.07, 6.45) is -2.56.